The number of pyridine rings is 1. The molecule has 0 saturated heterocycles. The van der Waals surface area contributed by atoms with Gasteiger partial charge in [-0.2, -0.15) is 0 Å². The number of hydrogen-bond acceptors (Lipinski definition) is 7. The van der Waals surface area contributed by atoms with E-state index in [9.17, 15) is 4.79 Å². The molecule has 2 aromatic rings. The number of allylic oxidation sites excluding steroid dienone is 1. The summed E-state index contributed by atoms with van der Waals surface area (Å²) in [5.74, 6) is 1.46. The van der Waals surface area contributed by atoms with Crippen molar-refractivity contribution in [3.8, 4) is 0 Å². The first-order valence-corrected chi connectivity index (χ1v) is 7.24. The molecule has 1 aliphatic carbocycles. The Balaban J connectivity index is 1.87. The van der Waals surface area contributed by atoms with Gasteiger partial charge in [-0.15, -0.1) is 0 Å². The Kier molecular flexibility index (Phi) is 2.92. The highest BCUT2D eigenvalue weighted by Gasteiger charge is 2.35. The van der Waals surface area contributed by atoms with E-state index in [1.54, 1.807) is 12.4 Å². The van der Waals surface area contributed by atoms with Crippen molar-refractivity contribution in [1.82, 2.24) is 15.3 Å². The van der Waals surface area contributed by atoms with E-state index in [2.05, 4.69) is 32.9 Å². The summed E-state index contributed by atoms with van der Waals surface area (Å²) in [6.45, 7) is 2.07. The van der Waals surface area contributed by atoms with Crippen molar-refractivity contribution >= 4 is 17.4 Å². The molecule has 4 rings (SSSR count). The number of ketones is 1. The van der Waals surface area contributed by atoms with Crippen molar-refractivity contribution < 1.29 is 9.42 Å². The number of carbonyl (C=O) groups is 1. The van der Waals surface area contributed by atoms with Crippen LogP contribution in [-0.4, -0.2) is 21.1 Å². The Morgan fingerprint density at radius 1 is 1.27 bits per heavy atom. The first-order valence-electron chi connectivity index (χ1n) is 7.24. The van der Waals surface area contributed by atoms with Gasteiger partial charge in [0.2, 0.25) is 11.6 Å². The van der Waals surface area contributed by atoms with E-state index in [1.807, 2.05) is 12.1 Å². The molecule has 2 aliphatic rings. The van der Waals surface area contributed by atoms with Crippen LogP contribution in [0.3, 0.4) is 0 Å². The molecule has 2 unspecified atom stereocenters. The van der Waals surface area contributed by atoms with E-state index in [-0.39, 0.29) is 11.8 Å². The third-order valence-corrected chi connectivity index (χ3v) is 4.06. The van der Waals surface area contributed by atoms with Crippen molar-refractivity contribution in [2.24, 2.45) is 5.92 Å². The predicted octanol–water partition coefficient (Wildman–Crippen LogP) is 2.30. The Bertz CT molecular complexity index is 752. The topological polar surface area (TPSA) is 92.9 Å². The minimum absolute atomic E-state index is 0.143. The highest BCUT2D eigenvalue weighted by molar-refractivity contribution is 6.00. The van der Waals surface area contributed by atoms with Gasteiger partial charge in [-0.1, -0.05) is 13.0 Å². The summed E-state index contributed by atoms with van der Waals surface area (Å²) in [4.78, 5) is 16.8. The zero-order valence-electron chi connectivity index (χ0n) is 12.0. The molecule has 3 heterocycles. The average Bonchev–Trinajstić information content (AvgIpc) is 2.87. The molecule has 0 fully saturated rings. The Morgan fingerprint density at radius 2 is 2.14 bits per heavy atom. The minimum atomic E-state index is -0.302. The van der Waals surface area contributed by atoms with Crippen molar-refractivity contribution in [3.63, 3.8) is 0 Å². The van der Waals surface area contributed by atoms with Crippen LogP contribution < -0.4 is 10.6 Å². The summed E-state index contributed by atoms with van der Waals surface area (Å²) >= 11 is 0. The van der Waals surface area contributed by atoms with Crippen LogP contribution in [0.4, 0.5) is 11.6 Å². The molecule has 0 aromatic carbocycles. The summed E-state index contributed by atoms with van der Waals surface area (Å²) < 4.78 is 4.79. The molecule has 7 nitrogen and oxygen atoms in total. The van der Waals surface area contributed by atoms with Gasteiger partial charge in [0, 0.05) is 30.1 Å². The molecule has 0 bridgehead atoms. The number of Topliss-reactive ketones (excluding diaryl/α,β-unsaturated/α-hetero) is 1. The smallest absolute Gasteiger partial charge is 0.219 e. The third-order valence-electron chi connectivity index (χ3n) is 4.06. The summed E-state index contributed by atoms with van der Waals surface area (Å²) in [5.41, 5.74) is 2.54. The number of rotatable bonds is 1. The Morgan fingerprint density at radius 3 is 2.95 bits per heavy atom. The Hall–Kier alpha value is -2.70. The third kappa shape index (κ3) is 2.05. The van der Waals surface area contributed by atoms with E-state index in [0.717, 1.165) is 23.3 Å². The SMILES string of the molecule is CC1CC(=O)C2=C(C1)Nc1nonc1NC2c1cccnc1. The van der Waals surface area contributed by atoms with Crippen molar-refractivity contribution in [1.29, 1.82) is 0 Å². The highest BCUT2D eigenvalue weighted by atomic mass is 16.6. The molecule has 2 N–H and O–H groups in total. The maximum absolute atomic E-state index is 12.6. The lowest BCUT2D eigenvalue weighted by Gasteiger charge is -2.27. The van der Waals surface area contributed by atoms with E-state index in [4.69, 9.17) is 4.63 Å². The lowest BCUT2D eigenvalue weighted by molar-refractivity contribution is -0.117. The highest BCUT2D eigenvalue weighted by Crippen LogP contribution is 2.40. The number of hydrogen-bond donors (Lipinski definition) is 2. The van der Waals surface area contributed by atoms with E-state index in [1.165, 1.54) is 0 Å². The molecule has 112 valence electrons. The fraction of sp³-hybridized carbons (Fsp3) is 0.333. The monoisotopic (exact) mass is 297 g/mol. The van der Waals surface area contributed by atoms with Crippen LogP contribution >= 0.6 is 0 Å². The second-order valence-electron chi connectivity index (χ2n) is 5.78. The predicted molar refractivity (Wildman–Crippen MR) is 79.0 cm³/mol. The molecule has 7 heteroatoms. The largest absolute Gasteiger partial charge is 0.353 e. The van der Waals surface area contributed by atoms with E-state index < -0.39 is 0 Å². The van der Waals surface area contributed by atoms with Crippen LogP contribution in [0.15, 0.2) is 40.4 Å². The number of carbonyl (C=O) groups excluding carboxylic acids is 1. The molecular weight excluding hydrogens is 282 g/mol. The fourth-order valence-corrected chi connectivity index (χ4v) is 3.09. The summed E-state index contributed by atoms with van der Waals surface area (Å²) in [6, 6.07) is 3.50. The van der Waals surface area contributed by atoms with Crippen LogP contribution in [0, 0.1) is 5.92 Å². The maximum atomic E-state index is 12.6. The molecule has 22 heavy (non-hydrogen) atoms. The molecule has 1 aliphatic heterocycles. The van der Waals surface area contributed by atoms with Crippen LogP contribution in [0.1, 0.15) is 31.4 Å². The first kappa shape index (κ1) is 13.0. The van der Waals surface area contributed by atoms with Gasteiger partial charge in [0.05, 0.1) is 6.04 Å². The van der Waals surface area contributed by atoms with Crippen molar-refractivity contribution in [3.05, 3.63) is 41.4 Å². The normalized spacial score (nSPS) is 24.0. The standard InChI is InChI=1S/C15H15N5O2/c1-8-5-10-12(11(21)6-8)13(9-3-2-4-16-7-9)18-15-14(17-10)19-22-20-15/h2-4,7-8,13H,5-6H2,1H3,(H,17,19)(H,18,20). The fourth-order valence-electron chi connectivity index (χ4n) is 3.09. The van der Waals surface area contributed by atoms with E-state index in [0.29, 0.717) is 24.0 Å². The lowest BCUT2D eigenvalue weighted by atomic mass is 9.82. The molecular formula is C15H15N5O2. The zero-order chi connectivity index (χ0) is 15.1. The molecule has 2 aromatic heterocycles. The number of aromatic nitrogens is 3. The first-order chi connectivity index (χ1) is 10.7. The maximum Gasteiger partial charge on any atom is 0.219 e. The van der Waals surface area contributed by atoms with Gasteiger partial charge >= 0.3 is 0 Å². The van der Waals surface area contributed by atoms with Gasteiger partial charge in [0.15, 0.2) is 5.78 Å². The van der Waals surface area contributed by atoms with Crippen LogP contribution in [-0.2, 0) is 4.79 Å². The molecule has 2 atom stereocenters. The average molecular weight is 297 g/mol. The van der Waals surface area contributed by atoms with Crippen LogP contribution in [0.5, 0.6) is 0 Å². The number of nitrogens with one attached hydrogen (secondary N) is 2. The van der Waals surface area contributed by atoms with Gasteiger partial charge < -0.3 is 10.6 Å². The van der Waals surface area contributed by atoms with E-state index >= 15 is 0 Å². The van der Waals surface area contributed by atoms with Crippen LogP contribution in [0.2, 0.25) is 0 Å². The quantitative estimate of drug-likeness (QED) is 0.834. The zero-order valence-corrected chi connectivity index (χ0v) is 12.0. The van der Waals surface area contributed by atoms with Gasteiger partial charge in [-0.3, -0.25) is 9.78 Å². The number of fused-ring (bicyclic) bond motifs is 1. The lowest BCUT2D eigenvalue weighted by Crippen LogP contribution is -2.26. The minimum Gasteiger partial charge on any atom is -0.353 e. The molecule has 0 saturated carbocycles. The summed E-state index contributed by atoms with van der Waals surface area (Å²) in [5, 5.41) is 14.2. The van der Waals surface area contributed by atoms with Crippen LogP contribution in [0.25, 0.3) is 0 Å². The summed E-state index contributed by atoms with van der Waals surface area (Å²) in [6.07, 6.45) is 4.81. The van der Waals surface area contributed by atoms with Gasteiger partial charge in [0.25, 0.3) is 0 Å². The van der Waals surface area contributed by atoms with Gasteiger partial charge in [-0.25, -0.2) is 4.63 Å². The number of anilines is 2. The Labute approximate surface area is 126 Å². The van der Waals surface area contributed by atoms with Crippen molar-refractivity contribution in [2.45, 2.75) is 25.8 Å². The van der Waals surface area contributed by atoms with Gasteiger partial charge in [-0.05, 0) is 34.3 Å². The molecule has 0 spiro atoms. The molecule has 0 radical (unpaired) electrons. The summed E-state index contributed by atoms with van der Waals surface area (Å²) in [7, 11) is 0. The molecule has 0 amide bonds. The van der Waals surface area contributed by atoms with Gasteiger partial charge in [0.1, 0.15) is 0 Å². The second kappa shape index (κ2) is 4.94. The van der Waals surface area contributed by atoms with Crippen molar-refractivity contribution in [2.75, 3.05) is 10.6 Å². The second-order valence-corrected chi connectivity index (χ2v) is 5.78. The number of nitrogens with zero attached hydrogens (tertiary/aromatic N) is 3.